The van der Waals surface area contributed by atoms with Gasteiger partial charge in [0, 0.05) is 42.8 Å². The van der Waals surface area contributed by atoms with Crippen molar-refractivity contribution in [3.8, 4) is 11.5 Å². The second kappa shape index (κ2) is 9.11. The molecule has 0 radical (unpaired) electrons. The smallest absolute Gasteiger partial charge is 0.163 e. The molecule has 5 heteroatoms. The SMILES string of the molecule is COc1cc2c3c(c(C4CCOCC4)nc2cc1OCCCN1CCCC1)CCC3. The van der Waals surface area contributed by atoms with E-state index in [1.807, 2.05) is 0 Å². The van der Waals surface area contributed by atoms with Gasteiger partial charge in [0.15, 0.2) is 11.5 Å². The van der Waals surface area contributed by atoms with Crippen molar-refractivity contribution in [2.24, 2.45) is 0 Å². The minimum absolute atomic E-state index is 0.530. The third-order valence-corrected chi connectivity index (χ3v) is 7.06. The lowest BCUT2D eigenvalue weighted by atomic mass is 9.90. The fraction of sp³-hybridized carbons (Fsp3) is 0.640. The summed E-state index contributed by atoms with van der Waals surface area (Å²) in [6.45, 7) is 6.03. The van der Waals surface area contributed by atoms with Gasteiger partial charge < -0.3 is 19.1 Å². The predicted octanol–water partition coefficient (Wildman–Crippen LogP) is 4.49. The van der Waals surface area contributed by atoms with Gasteiger partial charge in [0.2, 0.25) is 0 Å². The largest absolute Gasteiger partial charge is 0.493 e. The molecule has 2 aliphatic heterocycles. The highest BCUT2D eigenvalue weighted by Crippen LogP contribution is 2.41. The van der Waals surface area contributed by atoms with Crippen LogP contribution in [-0.4, -0.2) is 56.4 Å². The van der Waals surface area contributed by atoms with Gasteiger partial charge >= 0.3 is 0 Å². The average Bonchev–Trinajstić information content (AvgIpc) is 3.48. The molecule has 5 nitrogen and oxygen atoms in total. The average molecular weight is 411 g/mol. The molecular weight excluding hydrogens is 376 g/mol. The molecule has 0 amide bonds. The Morgan fingerprint density at radius 1 is 1.03 bits per heavy atom. The van der Waals surface area contributed by atoms with Crippen LogP contribution in [0, 0.1) is 0 Å². The molecule has 0 N–H and O–H groups in total. The van der Waals surface area contributed by atoms with Gasteiger partial charge in [-0.25, -0.2) is 0 Å². The quantitative estimate of drug-likeness (QED) is 0.629. The van der Waals surface area contributed by atoms with Crippen molar-refractivity contribution in [3.63, 3.8) is 0 Å². The summed E-state index contributed by atoms with van der Waals surface area (Å²) < 4.78 is 17.5. The van der Waals surface area contributed by atoms with Gasteiger partial charge in [0.25, 0.3) is 0 Å². The van der Waals surface area contributed by atoms with E-state index in [0.717, 1.165) is 75.5 Å². The van der Waals surface area contributed by atoms with Crippen LogP contribution in [0.4, 0.5) is 0 Å². The third kappa shape index (κ3) is 4.02. The summed E-state index contributed by atoms with van der Waals surface area (Å²) in [7, 11) is 1.74. The molecule has 30 heavy (non-hydrogen) atoms. The zero-order valence-corrected chi connectivity index (χ0v) is 18.3. The summed E-state index contributed by atoms with van der Waals surface area (Å²) in [4.78, 5) is 7.73. The van der Waals surface area contributed by atoms with E-state index in [1.54, 1.807) is 7.11 Å². The second-order valence-electron chi connectivity index (χ2n) is 8.97. The van der Waals surface area contributed by atoms with Crippen LogP contribution in [-0.2, 0) is 17.6 Å². The first-order valence-electron chi connectivity index (χ1n) is 11.8. The molecule has 0 atom stereocenters. The Morgan fingerprint density at radius 3 is 2.63 bits per heavy atom. The summed E-state index contributed by atoms with van der Waals surface area (Å²) in [5.41, 5.74) is 5.37. The first kappa shape index (κ1) is 20.1. The maximum atomic E-state index is 6.19. The molecule has 0 unspecified atom stereocenters. The molecule has 3 heterocycles. The molecule has 3 aliphatic rings. The van der Waals surface area contributed by atoms with Crippen molar-refractivity contribution in [3.05, 3.63) is 29.0 Å². The van der Waals surface area contributed by atoms with Crippen LogP contribution in [0.2, 0.25) is 0 Å². The summed E-state index contributed by atoms with van der Waals surface area (Å²) in [5.74, 6) is 2.19. The van der Waals surface area contributed by atoms with Crippen LogP contribution < -0.4 is 9.47 Å². The maximum absolute atomic E-state index is 6.19. The number of nitrogens with zero attached hydrogens (tertiary/aromatic N) is 2. The molecule has 1 aliphatic carbocycles. The first-order chi connectivity index (χ1) is 14.8. The van der Waals surface area contributed by atoms with Gasteiger partial charge in [-0.1, -0.05) is 0 Å². The van der Waals surface area contributed by atoms with Crippen LogP contribution >= 0.6 is 0 Å². The van der Waals surface area contributed by atoms with E-state index >= 15 is 0 Å². The van der Waals surface area contributed by atoms with Crippen molar-refractivity contribution < 1.29 is 14.2 Å². The Balaban J connectivity index is 1.41. The Morgan fingerprint density at radius 2 is 1.83 bits per heavy atom. The number of hydrogen-bond acceptors (Lipinski definition) is 5. The Hall–Kier alpha value is -1.85. The number of aryl methyl sites for hydroxylation is 1. The predicted molar refractivity (Wildman–Crippen MR) is 119 cm³/mol. The van der Waals surface area contributed by atoms with Crippen LogP contribution in [0.25, 0.3) is 10.9 Å². The molecule has 0 bridgehead atoms. The van der Waals surface area contributed by atoms with Crippen molar-refractivity contribution >= 4 is 10.9 Å². The zero-order valence-electron chi connectivity index (χ0n) is 18.3. The molecule has 162 valence electrons. The fourth-order valence-electron chi connectivity index (χ4n) is 5.46. The number of rotatable bonds is 7. The minimum atomic E-state index is 0.530. The van der Waals surface area contributed by atoms with Crippen molar-refractivity contribution in [1.29, 1.82) is 0 Å². The summed E-state index contributed by atoms with van der Waals surface area (Å²) in [6, 6.07) is 4.28. The molecule has 0 spiro atoms. The second-order valence-corrected chi connectivity index (χ2v) is 8.97. The Bertz CT molecular complexity index is 886. The zero-order chi connectivity index (χ0) is 20.3. The Labute approximate surface area is 179 Å². The van der Waals surface area contributed by atoms with E-state index in [-0.39, 0.29) is 0 Å². The van der Waals surface area contributed by atoms with Crippen LogP contribution in [0.1, 0.15) is 61.3 Å². The number of pyridine rings is 1. The van der Waals surface area contributed by atoms with Crippen LogP contribution in [0.5, 0.6) is 11.5 Å². The Kier molecular flexibility index (Phi) is 6.09. The summed E-state index contributed by atoms with van der Waals surface area (Å²) in [6.07, 6.45) is 9.42. The van der Waals surface area contributed by atoms with E-state index in [0.29, 0.717) is 5.92 Å². The van der Waals surface area contributed by atoms with Gasteiger partial charge in [0.1, 0.15) is 0 Å². The third-order valence-electron chi connectivity index (χ3n) is 7.06. The number of fused-ring (bicyclic) bond motifs is 3. The number of ether oxygens (including phenoxy) is 3. The van der Waals surface area contributed by atoms with Gasteiger partial charge in [-0.2, -0.15) is 0 Å². The highest BCUT2D eigenvalue weighted by atomic mass is 16.5. The number of benzene rings is 1. The number of aromatic nitrogens is 1. The topological polar surface area (TPSA) is 43.8 Å². The van der Waals surface area contributed by atoms with Crippen LogP contribution in [0.15, 0.2) is 12.1 Å². The molecular formula is C25H34N2O3. The molecule has 5 rings (SSSR count). The lowest BCUT2D eigenvalue weighted by Gasteiger charge is -2.24. The van der Waals surface area contributed by atoms with Gasteiger partial charge in [-0.15, -0.1) is 0 Å². The maximum Gasteiger partial charge on any atom is 0.163 e. The van der Waals surface area contributed by atoms with E-state index in [1.165, 1.54) is 54.6 Å². The molecule has 1 aromatic carbocycles. The highest BCUT2D eigenvalue weighted by Gasteiger charge is 2.27. The first-order valence-corrected chi connectivity index (χ1v) is 11.8. The molecule has 2 fully saturated rings. The van der Waals surface area contributed by atoms with E-state index in [2.05, 4.69) is 17.0 Å². The lowest BCUT2D eigenvalue weighted by molar-refractivity contribution is 0.0844. The monoisotopic (exact) mass is 410 g/mol. The number of likely N-dealkylation sites (tertiary alicyclic amines) is 1. The fourth-order valence-corrected chi connectivity index (χ4v) is 5.46. The van der Waals surface area contributed by atoms with E-state index < -0.39 is 0 Å². The summed E-state index contributed by atoms with van der Waals surface area (Å²) in [5, 5.41) is 1.25. The van der Waals surface area contributed by atoms with Gasteiger partial charge in [-0.05, 0) is 81.6 Å². The normalized spacial score (nSPS) is 20.0. The van der Waals surface area contributed by atoms with E-state index in [4.69, 9.17) is 19.2 Å². The lowest BCUT2D eigenvalue weighted by Crippen LogP contribution is -2.22. The van der Waals surface area contributed by atoms with Gasteiger partial charge in [-0.3, -0.25) is 4.98 Å². The van der Waals surface area contributed by atoms with Crippen molar-refractivity contribution in [1.82, 2.24) is 9.88 Å². The minimum Gasteiger partial charge on any atom is -0.493 e. The van der Waals surface area contributed by atoms with Crippen LogP contribution in [0.3, 0.4) is 0 Å². The molecule has 2 aromatic rings. The number of methoxy groups -OCH3 is 1. The molecule has 2 saturated heterocycles. The highest BCUT2D eigenvalue weighted by molar-refractivity contribution is 5.87. The molecule has 1 aromatic heterocycles. The number of hydrogen-bond donors (Lipinski definition) is 0. The standard InChI is InChI=1S/C25H34N2O3/c1-28-23-16-21-19-6-4-7-20(19)25(18-8-14-29-15-9-18)26-22(21)17-24(23)30-13-5-12-27-10-2-3-11-27/h16-18H,2-15H2,1H3. The van der Waals surface area contributed by atoms with Crippen molar-refractivity contribution in [2.45, 2.75) is 57.3 Å². The van der Waals surface area contributed by atoms with E-state index in [9.17, 15) is 0 Å². The molecule has 0 saturated carbocycles. The summed E-state index contributed by atoms with van der Waals surface area (Å²) >= 11 is 0. The van der Waals surface area contributed by atoms with Crippen molar-refractivity contribution in [2.75, 3.05) is 46.6 Å². The van der Waals surface area contributed by atoms with Gasteiger partial charge in [0.05, 0.1) is 19.2 Å².